The lowest BCUT2D eigenvalue weighted by Gasteiger charge is -2.11. The molecule has 0 aliphatic carbocycles. The summed E-state index contributed by atoms with van der Waals surface area (Å²) in [4.78, 5) is 0. The van der Waals surface area contributed by atoms with Crippen LogP contribution in [0.3, 0.4) is 0 Å². The molecule has 0 aliphatic rings. The normalized spacial score (nSPS) is 10.2. The third-order valence-corrected chi connectivity index (χ3v) is 4.35. The van der Waals surface area contributed by atoms with Crippen LogP contribution < -0.4 is 5.32 Å². The lowest BCUT2D eigenvalue weighted by atomic mass is 10.1. The van der Waals surface area contributed by atoms with Crippen LogP contribution in [0, 0.1) is 31.0 Å². The molecule has 0 radical (unpaired) electrons. The minimum absolute atomic E-state index is 0.304. The zero-order chi connectivity index (χ0) is 14.7. The summed E-state index contributed by atoms with van der Waals surface area (Å²) in [6, 6.07) is 10.4. The Morgan fingerprint density at radius 2 is 1.85 bits per heavy atom. The number of hydrogen-bond donors (Lipinski definition) is 1. The van der Waals surface area contributed by atoms with Crippen molar-refractivity contribution in [2.45, 2.75) is 20.4 Å². The van der Waals surface area contributed by atoms with Gasteiger partial charge < -0.3 is 5.32 Å². The van der Waals surface area contributed by atoms with E-state index >= 15 is 0 Å². The van der Waals surface area contributed by atoms with Crippen LogP contribution in [-0.4, -0.2) is 0 Å². The highest BCUT2D eigenvalue weighted by molar-refractivity contribution is 9.10. The van der Waals surface area contributed by atoms with Crippen LogP contribution in [0.25, 0.3) is 0 Å². The van der Waals surface area contributed by atoms with E-state index in [1.54, 1.807) is 6.07 Å². The van der Waals surface area contributed by atoms with Gasteiger partial charge in [-0.1, -0.05) is 15.9 Å². The molecule has 0 bridgehead atoms. The maximum absolute atomic E-state index is 13.7. The Morgan fingerprint density at radius 1 is 1.20 bits per heavy atom. The SMILES string of the molecule is Cc1cc(NCc2cc(C#N)ccc2F)cc(C)c1Br. The summed E-state index contributed by atoms with van der Waals surface area (Å²) >= 11 is 3.52. The number of rotatable bonds is 3. The third-order valence-electron chi connectivity index (χ3n) is 3.09. The monoisotopic (exact) mass is 332 g/mol. The molecule has 0 unspecified atom stereocenters. The second-order valence-electron chi connectivity index (χ2n) is 4.70. The fraction of sp³-hybridized carbons (Fsp3) is 0.188. The molecule has 20 heavy (non-hydrogen) atoms. The minimum Gasteiger partial charge on any atom is -0.381 e. The molecule has 2 aromatic rings. The van der Waals surface area contributed by atoms with Gasteiger partial charge in [0.2, 0.25) is 0 Å². The van der Waals surface area contributed by atoms with Crippen LogP contribution in [0.15, 0.2) is 34.8 Å². The molecule has 0 saturated heterocycles. The van der Waals surface area contributed by atoms with Crippen molar-refractivity contribution in [3.05, 3.63) is 62.9 Å². The summed E-state index contributed by atoms with van der Waals surface area (Å²) < 4.78 is 14.8. The summed E-state index contributed by atoms with van der Waals surface area (Å²) in [5.74, 6) is -0.304. The maximum Gasteiger partial charge on any atom is 0.128 e. The number of benzene rings is 2. The van der Waals surface area contributed by atoms with Crippen molar-refractivity contribution in [3.63, 3.8) is 0 Å². The van der Waals surface area contributed by atoms with Gasteiger partial charge in [0.05, 0.1) is 11.6 Å². The van der Waals surface area contributed by atoms with Gasteiger partial charge in [-0.25, -0.2) is 4.39 Å². The van der Waals surface area contributed by atoms with Crippen molar-refractivity contribution in [3.8, 4) is 6.07 Å². The van der Waals surface area contributed by atoms with Crippen molar-refractivity contribution in [2.24, 2.45) is 0 Å². The van der Waals surface area contributed by atoms with Gasteiger partial charge in [0.25, 0.3) is 0 Å². The summed E-state index contributed by atoms with van der Waals surface area (Å²) in [7, 11) is 0. The van der Waals surface area contributed by atoms with Gasteiger partial charge in [-0.15, -0.1) is 0 Å². The Hall–Kier alpha value is -1.86. The standard InChI is InChI=1S/C16H14BrFN2/c1-10-5-14(6-11(2)16(10)17)20-9-13-7-12(8-19)3-4-15(13)18/h3-7,20H,9H2,1-2H3. The first-order valence-electron chi connectivity index (χ1n) is 6.20. The smallest absolute Gasteiger partial charge is 0.128 e. The van der Waals surface area contributed by atoms with Crippen LogP contribution in [-0.2, 0) is 6.54 Å². The number of nitrogens with zero attached hydrogens (tertiary/aromatic N) is 1. The largest absolute Gasteiger partial charge is 0.381 e. The zero-order valence-corrected chi connectivity index (χ0v) is 12.9. The Bertz CT molecular complexity index is 666. The van der Waals surface area contributed by atoms with Crippen molar-refractivity contribution in [1.29, 1.82) is 5.26 Å². The third kappa shape index (κ3) is 3.17. The molecule has 0 spiro atoms. The predicted octanol–water partition coefficient (Wildman–Crippen LogP) is 4.69. The van der Waals surface area contributed by atoms with Crippen molar-refractivity contribution in [2.75, 3.05) is 5.32 Å². The molecule has 2 nitrogen and oxygen atoms in total. The molecule has 0 aromatic heterocycles. The van der Waals surface area contributed by atoms with E-state index < -0.39 is 0 Å². The fourth-order valence-corrected chi connectivity index (χ4v) is 2.25. The number of nitrogens with one attached hydrogen (secondary N) is 1. The average Bonchev–Trinajstić information content (AvgIpc) is 2.43. The Balaban J connectivity index is 2.19. The molecule has 102 valence electrons. The van der Waals surface area contributed by atoms with Gasteiger partial charge in [0, 0.05) is 22.3 Å². The highest BCUT2D eigenvalue weighted by Gasteiger charge is 2.05. The first-order chi connectivity index (χ1) is 9.51. The van der Waals surface area contributed by atoms with E-state index in [4.69, 9.17) is 5.26 Å². The van der Waals surface area contributed by atoms with E-state index in [-0.39, 0.29) is 5.82 Å². The second kappa shape index (κ2) is 6.06. The van der Waals surface area contributed by atoms with Gasteiger partial charge in [0.15, 0.2) is 0 Å². The number of hydrogen-bond acceptors (Lipinski definition) is 2. The Morgan fingerprint density at radius 3 is 2.45 bits per heavy atom. The molecule has 0 atom stereocenters. The lowest BCUT2D eigenvalue weighted by molar-refractivity contribution is 0.612. The molecule has 2 aromatic carbocycles. The molecule has 0 heterocycles. The average molecular weight is 333 g/mol. The van der Waals surface area contributed by atoms with Crippen molar-refractivity contribution >= 4 is 21.6 Å². The number of halogens is 2. The van der Waals surface area contributed by atoms with Crippen LogP contribution in [0.1, 0.15) is 22.3 Å². The maximum atomic E-state index is 13.7. The summed E-state index contributed by atoms with van der Waals surface area (Å²) in [5.41, 5.74) is 4.14. The summed E-state index contributed by atoms with van der Waals surface area (Å²) in [6.07, 6.45) is 0. The van der Waals surface area contributed by atoms with Gasteiger partial charge in [-0.2, -0.15) is 5.26 Å². The van der Waals surface area contributed by atoms with Gasteiger partial charge in [-0.05, 0) is 55.3 Å². The zero-order valence-electron chi connectivity index (χ0n) is 11.3. The van der Waals surface area contributed by atoms with E-state index in [1.807, 2.05) is 32.0 Å². The predicted molar refractivity (Wildman–Crippen MR) is 82.1 cm³/mol. The van der Waals surface area contributed by atoms with E-state index in [0.29, 0.717) is 17.7 Å². The molecule has 1 N–H and O–H groups in total. The highest BCUT2D eigenvalue weighted by atomic mass is 79.9. The fourth-order valence-electron chi connectivity index (χ4n) is 2.03. The van der Waals surface area contributed by atoms with Gasteiger partial charge in [-0.3, -0.25) is 0 Å². The molecule has 0 aliphatic heterocycles. The first kappa shape index (κ1) is 14.5. The molecule has 4 heteroatoms. The van der Waals surface area contributed by atoms with Crippen molar-refractivity contribution < 1.29 is 4.39 Å². The molecule has 0 fully saturated rings. The highest BCUT2D eigenvalue weighted by Crippen LogP contribution is 2.25. The minimum atomic E-state index is -0.304. The van der Waals surface area contributed by atoms with Crippen LogP contribution in [0.5, 0.6) is 0 Å². The number of aryl methyl sites for hydroxylation is 2. The quantitative estimate of drug-likeness (QED) is 0.885. The van der Waals surface area contributed by atoms with Crippen LogP contribution in [0.2, 0.25) is 0 Å². The summed E-state index contributed by atoms with van der Waals surface area (Å²) in [5, 5.41) is 12.0. The molecule has 0 saturated carbocycles. The molecular formula is C16H14BrFN2. The topological polar surface area (TPSA) is 35.8 Å². The van der Waals surface area contributed by atoms with Crippen molar-refractivity contribution in [1.82, 2.24) is 0 Å². The van der Waals surface area contributed by atoms with E-state index in [2.05, 4.69) is 21.2 Å². The number of nitriles is 1. The molecular weight excluding hydrogens is 319 g/mol. The van der Waals surface area contributed by atoms with Crippen LogP contribution in [0.4, 0.5) is 10.1 Å². The van der Waals surface area contributed by atoms with E-state index in [0.717, 1.165) is 21.3 Å². The Labute approximate surface area is 126 Å². The van der Waals surface area contributed by atoms with Crippen LogP contribution >= 0.6 is 15.9 Å². The summed E-state index contributed by atoms with van der Waals surface area (Å²) in [6.45, 7) is 4.38. The molecule has 0 amide bonds. The van der Waals surface area contributed by atoms with Gasteiger partial charge in [0.1, 0.15) is 5.82 Å². The lowest BCUT2D eigenvalue weighted by Crippen LogP contribution is -2.03. The molecule has 2 rings (SSSR count). The first-order valence-corrected chi connectivity index (χ1v) is 6.99. The Kier molecular flexibility index (Phi) is 4.41. The second-order valence-corrected chi connectivity index (χ2v) is 5.49. The van der Waals surface area contributed by atoms with Gasteiger partial charge >= 0.3 is 0 Å². The van der Waals surface area contributed by atoms with E-state index in [1.165, 1.54) is 12.1 Å². The van der Waals surface area contributed by atoms with E-state index in [9.17, 15) is 4.39 Å². The number of anilines is 1.